The molecule has 1 aliphatic rings. The first-order chi connectivity index (χ1) is 12.4. The molecular formula is C21H22FNO3. The Kier molecular flexibility index (Phi) is 5.07. The summed E-state index contributed by atoms with van der Waals surface area (Å²) in [6.45, 7) is 5.65. The SMILES string of the molecule is Cc1ccc(OCC(=O)N[C@@H](C)c2ccc(F)cc2)c2c1[C@@H](C)CC2=O. The number of ether oxygens (including phenoxy) is 1. The third-order valence-electron chi connectivity index (χ3n) is 4.79. The van der Waals surface area contributed by atoms with Gasteiger partial charge in [0.05, 0.1) is 11.6 Å². The standard InChI is InChI=1S/C21H22FNO3/c1-12-4-9-18(21-17(24)10-13(2)20(12)21)26-11-19(25)23-14(3)15-5-7-16(22)8-6-15/h4-9,13-14H,10-11H2,1-3H3,(H,23,25)/t13-,14-/m0/s1. The van der Waals surface area contributed by atoms with Crippen LogP contribution in [0.25, 0.3) is 0 Å². The fourth-order valence-electron chi connectivity index (χ4n) is 3.49. The van der Waals surface area contributed by atoms with Gasteiger partial charge in [0.15, 0.2) is 12.4 Å². The van der Waals surface area contributed by atoms with E-state index in [1.165, 1.54) is 12.1 Å². The second kappa shape index (κ2) is 7.28. The summed E-state index contributed by atoms with van der Waals surface area (Å²) >= 11 is 0. The van der Waals surface area contributed by atoms with E-state index in [1.807, 2.05) is 26.8 Å². The number of carbonyl (C=O) groups is 2. The maximum absolute atomic E-state index is 13.0. The zero-order valence-corrected chi connectivity index (χ0v) is 15.1. The topological polar surface area (TPSA) is 55.4 Å². The van der Waals surface area contributed by atoms with Crippen molar-refractivity contribution in [3.8, 4) is 5.75 Å². The van der Waals surface area contributed by atoms with Gasteiger partial charge in [0.1, 0.15) is 11.6 Å². The van der Waals surface area contributed by atoms with Crippen molar-refractivity contribution in [2.24, 2.45) is 0 Å². The van der Waals surface area contributed by atoms with Crippen LogP contribution in [0.1, 0.15) is 59.3 Å². The predicted molar refractivity (Wildman–Crippen MR) is 97.0 cm³/mol. The number of benzene rings is 2. The van der Waals surface area contributed by atoms with Crippen LogP contribution in [0.2, 0.25) is 0 Å². The average Bonchev–Trinajstić information content (AvgIpc) is 2.90. The van der Waals surface area contributed by atoms with E-state index in [0.29, 0.717) is 17.7 Å². The minimum Gasteiger partial charge on any atom is -0.483 e. The zero-order valence-electron chi connectivity index (χ0n) is 15.1. The third-order valence-corrected chi connectivity index (χ3v) is 4.79. The molecule has 0 bridgehead atoms. The fourth-order valence-corrected chi connectivity index (χ4v) is 3.49. The fraction of sp³-hybridized carbons (Fsp3) is 0.333. The maximum Gasteiger partial charge on any atom is 0.258 e. The monoisotopic (exact) mass is 355 g/mol. The molecule has 0 spiro atoms. The highest BCUT2D eigenvalue weighted by Gasteiger charge is 2.31. The Hall–Kier alpha value is -2.69. The summed E-state index contributed by atoms with van der Waals surface area (Å²) < 4.78 is 18.6. The van der Waals surface area contributed by atoms with E-state index in [2.05, 4.69) is 5.32 Å². The smallest absolute Gasteiger partial charge is 0.258 e. The van der Waals surface area contributed by atoms with Crippen LogP contribution in [-0.2, 0) is 4.79 Å². The lowest BCUT2D eigenvalue weighted by Gasteiger charge is -2.16. The molecule has 136 valence electrons. The molecule has 0 unspecified atom stereocenters. The number of ketones is 1. The highest BCUT2D eigenvalue weighted by atomic mass is 19.1. The summed E-state index contributed by atoms with van der Waals surface area (Å²) in [5, 5.41) is 2.81. The number of halogens is 1. The van der Waals surface area contributed by atoms with Crippen LogP contribution >= 0.6 is 0 Å². The second-order valence-electron chi connectivity index (χ2n) is 6.83. The van der Waals surface area contributed by atoms with E-state index in [0.717, 1.165) is 16.7 Å². The first-order valence-electron chi connectivity index (χ1n) is 8.71. The summed E-state index contributed by atoms with van der Waals surface area (Å²) in [5.41, 5.74) is 3.50. The Labute approximate surface area is 152 Å². The molecule has 0 saturated carbocycles. The highest BCUT2D eigenvalue weighted by Crippen LogP contribution is 2.40. The molecule has 0 fully saturated rings. The third kappa shape index (κ3) is 3.62. The molecule has 26 heavy (non-hydrogen) atoms. The maximum atomic E-state index is 13.0. The van der Waals surface area contributed by atoms with Crippen LogP contribution in [0.15, 0.2) is 36.4 Å². The number of hydrogen-bond acceptors (Lipinski definition) is 3. The lowest BCUT2D eigenvalue weighted by Crippen LogP contribution is -2.31. The van der Waals surface area contributed by atoms with E-state index < -0.39 is 0 Å². The van der Waals surface area contributed by atoms with Gasteiger partial charge in [0.25, 0.3) is 5.91 Å². The molecule has 5 heteroatoms. The molecular weight excluding hydrogens is 333 g/mol. The van der Waals surface area contributed by atoms with Gasteiger partial charge in [-0.25, -0.2) is 4.39 Å². The summed E-state index contributed by atoms with van der Waals surface area (Å²) in [6, 6.07) is 9.39. The van der Waals surface area contributed by atoms with Gasteiger partial charge in [0, 0.05) is 6.42 Å². The second-order valence-corrected chi connectivity index (χ2v) is 6.83. The Morgan fingerprint density at radius 1 is 1.27 bits per heavy atom. The summed E-state index contributed by atoms with van der Waals surface area (Å²) in [7, 11) is 0. The number of aryl methyl sites for hydroxylation is 1. The van der Waals surface area contributed by atoms with Crippen LogP contribution in [0.5, 0.6) is 5.75 Å². The van der Waals surface area contributed by atoms with Crippen molar-refractivity contribution in [1.82, 2.24) is 5.32 Å². The Balaban J connectivity index is 1.65. The Bertz CT molecular complexity index is 845. The Morgan fingerprint density at radius 3 is 2.65 bits per heavy atom. The van der Waals surface area contributed by atoms with Crippen LogP contribution in [0, 0.1) is 12.7 Å². The van der Waals surface area contributed by atoms with Gasteiger partial charge >= 0.3 is 0 Å². The van der Waals surface area contributed by atoms with Crippen LogP contribution in [0.4, 0.5) is 4.39 Å². The molecule has 1 amide bonds. The number of Topliss-reactive ketones (excluding diaryl/α,β-unsaturated/α-hetero) is 1. The average molecular weight is 355 g/mol. The van der Waals surface area contributed by atoms with E-state index in [4.69, 9.17) is 4.74 Å². The van der Waals surface area contributed by atoms with Gasteiger partial charge in [-0.15, -0.1) is 0 Å². The predicted octanol–water partition coefficient (Wildman–Crippen LogP) is 4.08. The lowest BCUT2D eigenvalue weighted by molar-refractivity contribution is -0.123. The molecule has 1 N–H and O–H groups in total. The van der Waals surface area contributed by atoms with Crippen molar-refractivity contribution in [3.63, 3.8) is 0 Å². The van der Waals surface area contributed by atoms with E-state index in [9.17, 15) is 14.0 Å². The van der Waals surface area contributed by atoms with Gasteiger partial charge in [-0.2, -0.15) is 0 Å². The minimum absolute atomic E-state index is 0.0614. The largest absolute Gasteiger partial charge is 0.483 e. The molecule has 0 aromatic heterocycles. The molecule has 0 radical (unpaired) electrons. The number of fused-ring (bicyclic) bond motifs is 1. The van der Waals surface area contributed by atoms with Crippen molar-refractivity contribution in [3.05, 3.63) is 64.5 Å². The number of amides is 1. The summed E-state index contributed by atoms with van der Waals surface area (Å²) in [4.78, 5) is 24.5. The quantitative estimate of drug-likeness (QED) is 0.879. The molecule has 0 heterocycles. The first-order valence-corrected chi connectivity index (χ1v) is 8.71. The molecule has 0 saturated heterocycles. The number of rotatable bonds is 5. The summed E-state index contributed by atoms with van der Waals surface area (Å²) in [6.07, 6.45) is 0.477. The van der Waals surface area contributed by atoms with Crippen molar-refractivity contribution in [2.75, 3.05) is 6.61 Å². The van der Waals surface area contributed by atoms with Crippen LogP contribution in [0.3, 0.4) is 0 Å². The van der Waals surface area contributed by atoms with E-state index >= 15 is 0 Å². The molecule has 4 nitrogen and oxygen atoms in total. The lowest BCUT2D eigenvalue weighted by atomic mass is 9.97. The number of hydrogen-bond donors (Lipinski definition) is 1. The normalized spacial score (nSPS) is 16.9. The van der Waals surface area contributed by atoms with E-state index in [1.54, 1.807) is 18.2 Å². The van der Waals surface area contributed by atoms with Crippen molar-refractivity contribution < 1.29 is 18.7 Å². The van der Waals surface area contributed by atoms with Gasteiger partial charge in [-0.05, 0) is 54.7 Å². The molecule has 1 aliphatic carbocycles. The Morgan fingerprint density at radius 2 is 1.96 bits per heavy atom. The number of nitrogens with one attached hydrogen (secondary N) is 1. The number of carbonyl (C=O) groups excluding carboxylic acids is 2. The van der Waals surface area contributed by atoms with Crippen molar-refractivity contribution >= 4 is 11.7 Å². The van der Waals surface area contributed by atoms with Gasteiger partial charge in [-0.3, -0.25) is 9.59 Å². The van der Waals surface area contributed by atoms with E-state index in [-0.39, 0.29) is 36.1 Å². The van der Waals surface area contributed by atoms with Gasteiger partial charge in [-0.1, -0.05) is 25.1 Å². The molecule has 3 rings (SSSR count). The minimum atomic E-state index is -0.317. The highest BCUT2D eigenvalue weighted by molar-refractivity contribution is 6.04. The van der Waals surface area contributed by atoms with Crippen LogP contribution < -0.4 is 10.1 Å². The summed E-state index contributed by atoms with van der Waals surface area (Å²) in [5.74, 6) is 0.0848. The first kappa shape index (κ1) is 18.1. The van der Waals surface area contributed by atoms with Crippen LogP contribution in [-0.4, -0.2) is 18.3 Å². The molecule has 0 aliphatic heterocycles. The molecule has 2 aromatic rings. The van der Waals surface area contributed by atoms with Gasteiger partial charge in [0.2, 0.25) is 0 Å². The zero-order chi connectivity index (χ0) is 18.8. The van der Waals surface area contributed by atoms with Crippen molar-refractivity contribution in [2.45, 2.75) is 39.2 Å². The van der Waals surface area contributed by atoms with Gasteiger partial charge < -0.3 is 10.1 Å². The molecule has 2 aromatic carbocycles. The molecule has 2 atom stereocenters. The van der Waals surface area contributed by atoms with Crippen molar-refractivity contribution in [1.29, 1.82) is 0 Å².